The third kappa shape index (κ3) is 4.48. The van der Waals surface area contributed by atoms with Crippen molar-refractivity contribution in [2.45, 2.75) is 0 Å². The molecule has 1 N–H and O–H groups in total. The number of rotatable bonds is 5. The summed E-state index contributed by atoms with van der Waals surface area (Å²) in [6, 6.07) is 25.7. The molecule has 5 heteroatoms. The second kappa shape index (κ2) is 8.48. The van der Waals surface area contributed by atoms with E-state index in [0.717, 1.165) is 11.3 Å². The molecule has 0 bridgehead atoms. The van der Waals surface area contributed by atoms with E-state index in [9.17, 15) is 4.79 Å². The van der Waals surface area contributed by atoms with Crippen molar-refractivity contribution in [2.24, 2.45) is 5.10 Å². The van der Waals surface area contributed by atoms with Crippen LogP contribution in [0.3, 0.4) is 0 Å². The van der Waals surface area contributed by atoms with Crippen molar-refractivity contribution in [3.8, 4) is 5.75 Å². The normalized spacial score (nSPS) is 10.5. The first-order valence-corrected chi connectivity index (χ1v) is 8.15. The number of urea groups is 1. The summed E-state index contributed by atoms with van der Waals surface area (Å²) in [5.41, 5.74) is 2.24. The summed E-state index contributed by atoms with van der Waals surface area (Å²) in [6.45, 7) is 0. The molecule has 0 aliphatic rings. The fraction of sp³-hybridized carbons (Fsp3) is 0.0476. The minimum absolute atomic E-state index is 0.341. The van der Waals surface area contributed by atoms with Crippen LogP contribution in [0.5, 0.6) is 5.75 Å². The van der Waals surface area contributed by atoms with Crippen LogP contribution in [0.1, 0.15) is 5.56 Å². The van der Waals surface area contributed by atoms with Crippen molar-refractivity contribution in [2.75, 3.05) is 17.4 Å². The lowest BCUT2D eigenvalue weighted by molar-refractivity contribution is 0.257. The quantitative estimate of drug-likeness (QED) is 0.535. The molecule has 0 unspecified atom stereocenters. The molecular weight excluding hydrogens is 326 g/mol. The summed E-state index contributed by atoms with van der Waals surface area (Å²) in [6.07, 6.45) is 1.64. The highest BCUT2D eigenvalue weighted by atomic mass is 16.5. The zero-order chi connectivity index (χ0) is 18.2. The SMILES string of the molecule is COc1ccc(/C=N/N(C(=O)Nc2ccccc2)c2ccccc2)cc1. The van der Waals surface area contributed by atoms with E-state index in [1.165, 1.54) is 5.01 Å². The first-order chi connectivity index (χ1) is 12.8. The maximum absolute atomic E-state index is 12.7. The average molecular weight is 345 g/mol. The topological polar surface area (TPSA) is 53.9 Å². The third-order valence-corrected chi connectivity index (χ3v) is 3.66. The lowest BCUT2D eigenvalue weighted by Gasteiger charge is -2.18. The second-order valence-corrected chi connectivity index (χ2v) is 5.46. The van der Waals surface area contributed by atoms with Crippen molar-refractivity contribution in [3.05, 3.63) is 90.5 Å². The standard InChI is InChI=1S/C21H19N3O2/c1-26-20-14-12-17(13-15-20)16-22-24(19-10-6-3-7-11-19)21(25)23-18-8-4-2-5-9-18/h2-16H,1H3,(H,23,25)/b22-16+. The van der Waals surface area contributed by atoms with Gasteiger partial charge in [-0.15, -0.1) is 0 Å². The summed E-state index contributed by atoms with van der Waals surface area (Å²) < 4.78 is 5.15. The second-order valence-electron chi connectivity index (χ2n) is 5.46. The highest BCUT2D eigenvalue weighted by molar-refractivity contribution is 6.02. The number of hydrogen-bond donors (Lipinski definition) is 1. The Bertz CT molecular complexity index is 863. The molecule has 2 amide bonds. The van der Waals surface area contributed by atoms with Crippen molar-refractivity contribution >= 4 is 23.6 Å². The maximum atomic E-state index is 12.7. The Morgan fingerprint density at radius 2 is 1.54 bits per heavy atom. The minimum atomic E-state index is -0.341. The molecule has 0 aliphatic carbocycles. The Morgan fingerprint density at radius 1 is 0.923 bits per heavy atom. The molecule has 130 valence electrons. The van der Waals surface area contributed by atoms with Gasteiger partial charge in [-0.3, -0.25) is 0 Å². The van der Waals surface area contributed by atoms with E-state index in [1.807, 2.05) is 84.9 Å². The van der Waals surface area contributed by atoms with Crippen molar-refractivity contribution in [1.29, 1.82) is 0 Å². The molecule has 5 nitrogen and oxygen atoms in total. The van der Waals surface area contributed by atoms with Crippen molar-refractivity contribution in [3.63, 3.8) is 0 Å². The molecule has 3 aromatic rings. The van der Waals surface area contributed by atoms with Crippen LogP contribution in [0.4, 0.5) is 16.2 Å². The van der Waals surface area contributed by atoms with Crippen LogP contribution in [-0.2, 0) is 0 Å². The summed E-state index contributed by atoms with van der Waals surface area (Å²) in [4.78, 5) is 12.7. The van der Waals surface area contributed by atoms with Gasteiger partial charge in [-0.25, -0.2) is 4.79 Å². The van der Waals surface area contributed by atoms with Crippen LogP contribution in [0.25, 0.3) is 0 Å². The fourth-order valence-electron chi connectivity index (χ4n) is 2.32. The molecular formula is C21H19N3O2. The van der Waals surface area contributed by atoms with Crippen LogP contribution in [0.2, 0.25) is 0 Å². The number of anilines is 2. The van der Waals surface area contributed by atoms with Gasteiger partial charge in [0.1, 0.15) is 5.75 Å². The van der Waals surface area contributed by atoms with E-state index < -0.39 is 0 Å². The van der Waals surface area contributed by atoms with Crippen LogP contribution in [0, 0.1) is 0 Å². The Balaban J connectivity index is 1.83. The predicted octanol–water partition coefficient (Wildman–Crippen LogP) is 4.77. The predicted molar refractivity (Wildman–Crippen MR) is 105 cm³/mol. The monoisotopic (exact) mass is 345 g/mol. The third-order valence-electron chi connectivity index (χ3n) is 3.66. The molecule has 0 saturated carbocycles. The molecule has 0 radical (unpaired) electrons. The Labute approximate surface area is 152 Å². The average Bonchev–Trinajstić information content (AvgIpc) is 2.70. The maximum Gasteiger partial charge on any atom is 0.347 e. The van der Waals surface area contributed by atoms with Gasteiger partial charge in [0.2, 0.25) is 0 Å². The first kappa shape index (κ1) is 17.2. The van der Waals surface area contributed by atoms with Gasteiger partial charge in [0.05, 0.1) is 19.0 Å². The van der Waals surface area contributed by atoms with E-state index in [2.05, 4.69) is 10.4 Å². The van der Waals surface area contributed by atoms with Gasteiger partial charge in [0.15, 0.2) is 0 Å². The largest absolute Gasteiger partial charge is 0.497 e. The number of hydrogen-bond acceptors (Lipinski definition) is 3. The fourth-order valence-corrected chi connectivity index (χ4v) is 2.32. The molecule has 0 fully saturated rings. The van der Waals surface area contributed by atoms with Crippen LogP contribution >= 0.6 is 0 Å². The van der Waals surface area contributed by atoms with Gasteiger partial charge in [0, 0.05) is 5.69 Å². The zero-order valence-electron chi connectivity index (χ0n) is 14.4. The van der Waals surface area contributed by atoms with Crippen LogP contribution < -0.4 is 15.1 Å². The smallest absolute Gasteiger partial charge is 0.347 e. The van der Waals surface area contributed by atoms with Crippen molar-refractivity contribution < 1.29 is 9.53 Å². The lowest BCUT2D eigenvalue weighted by Crippen LogP contribution is -2.30. The van der Waals surface area contributed by atoms with Gasteiger partial charge in [0.25, 0.3) is 0 Å². The van der Waals surface area contributed by atoms with Gasteiger partial charge < -0.3 is 10.1 Å². The molecule has 0 spiro atoms. The summed E-state index contributed by atoms with van der Waals surface area (Å²) in [7, 11) is 1.62. The van der Waals surface area contributed by atoms with E-state index in [0.29, 0.717) is 11.4 Å². The Hall–Kier alpha value is -3.60. The van der Waals surface area contributed by atoms with E-state index in [4.69, 9.17) is 4.74 Å². The molecule has 0 aliphatic heterocycles. The molecule has 3 aromatic carbocycles. The number of ether oxygens (including phenoxy) is 1. The number of nitrogens with one attached hydrogen (secondary N) is 1. The minimum Gasteiger partial charge on any atom is -0.497 e. The van der Waals surface area contributed by atoms with Crippen molar-refractivity contribution in [1.82, 2.24) is 0 Å². The highest BCUT2D eigenvalue weighted by Crippen LogP contribution is 2.17. The number of amides is 2. The molecule has 0 aromatic heterocycles. The highest BCUT2D eigenvalue weighted by Gasteiger charge is 2.14. The molecule has 0 heterocycles. The summed E-state index contributed by atoms with van der Waals surface area (Å²) >= 11 is 0. The van der Waals surface area contributed by atoms with Gasteiger partial charge in [-0.2, -0.15) is 10.1 Å². The number of nitrogens with zero attached hydrogens (tertiary/aromatic N) is 2. The lowest BCUT2D eigenvalue weighted by atomic mass is 10.2. The number of hydrazone groups is 1. The van der Waals surface area contributed by atoms with E-state index in [1.54, 1.807) is 13.3 Å². The zero-order valence-corrected chi connectivity index (χ0v) is 14.4. The first-order valence-electron chi connectivity index (χ1n) is 8.15. The molecule has 0 atom stereocenters. The molecule has 0 saturated heterocycles. The Kier molecular flexibility index (Phi) is 5.62. The summed E-state index contributed by atoms with van der Waals surface area (Å²) in [5, 5.41) is 8.55. The van der Waals surface area contributed by atoms with Crippen LogP contribution in [0.15, 0.2) is 90.0 Å². The summed E-state index contributed by atoms with van der Waals surface area (Å²) in [5.74, 6) is 0.767. The van der Waals surface area contributed by atoms with Gasteiger partial charge in [-0.1, -0.05) is 36.4 Å². The number of methoxy groups -OCH3 is 1. The van der Waals surface area contributed by atoms with Crippen LogP contribution in [-0.4, -0.2) is 19.4 Å². The van der Waals surface area contributed by atoms with E-state index in [-0.39, 0.29) is 6.03 Å². The van der Waals surface area contributed by atoms with Gasteiger partial charge in [-0.05, 0) is 54.1 Å². The number of benzene rings is 3. The molecule has 3 rings (SSSR count). The number of carbonyl (C=O) groups excluding carboxylic acids is 1. The molecule has 26 heavy (non-hydrogen) atoms. The Morgan fingerprint density at radius 3 is 2.15 bits per heavy atom. The number of para-hydroxylation sites is 2. The van der Waals surface area contributed by atoms with E-state index >= 15 is 0 Å². The van der Waals surface area contributed by atoms with Gasteiger partial charge >= 0.3 is 6.03 Å². The number of carbonyl (C=O) groups is 1.